The van der Waals surface area contributed by atoms with E-state index in [2.05, 4.69) is 29.9 Å². The normalized spacial score (nSPS) is 12.0. The largest absolute Gasteiger partial charge is 0.472 e. The van der Waals surface area contributed by atoms with E-state index in [-0.39, 0.29) is 24.7 Å². The summed E-state index contributed by atoms with van der Waals surface area (Å²) in [6, 6.07) is 1.88. The molecule has 0 saturated heterocycles. The summed E-state index contributed by atoms with van der Waals surface area (Å²) in [5.41, 5.74) is -2.97. The molecule has 0 fully saturated rings. The van der Waals surface area contributed by atoms with Crippen molar-refractivity contribution in [1.29, 1.82) is 0 Å². The molecular weight excluding hydrogens is 458 g/mol. The van der Waals surface area contributed by atoms with Crippen molar-refractivity contribution in [3.05, 3.63) is 40.1 Å². The van der Waals surface area contributed by atoms with E-state index in [0.717, 1.165) is 6.07 Å². The molecule has 0 radical (unpaired) electrons. The van der Waals surface area contributed by atoms with Crippen LogP contribution in [0.5, 0.6) is 5.88 Å². The lowest BCUT2D eigenvalue weighted by Gasteiger charge is -2.19. The average Bonchev–Trinajstić information content (AvgIpc) is 3.29. The lowest BCUT2D eigenvalue weighted by molar-refractivity contribution is -0.140. The Balaban J connectivity index is 1.81. The fourth-order valence-electron chi connectivity index (χ4n) is 2.52. The predicted molar refractivity (Wildman–Crippen MR) is 100 cm³/mol. The van der Waals surface area contributed by atoms with Crippen LogP contribution < -0.4 is 15.8 Å². The van der Waals surface area contributed by atoms with Gasteiger partial charge in [-0.2, -0.15) is 13.2 Å². The first kappa shape index (κ1) is 23.7. The highest BCUT2D eigenvalue weighted by Crippen LogP contribution is 2.33. The van der Waals surface area contributed by atoms with Gasteiger partial charge in [-0.15, -0.1) is 0 Å². The monoisotopic (exact) mass is 475 g/mol. The minimum atomic E-state index is -5.01. The smallest absolute Gasteiger partial charge is 0.446 e. The minimum absolute atomic E-state index is 0.0141. The number of hydrogen-bond donors (Lipinski definition) is 1. The van der Waals surface area contributed by atoms with Crippen molar-refractivity contribution in [1.82, 2.24) is 25.4 Å². The van der Waals surface area contributed by atoms with Crippen LogP contribution in [0.25, 0.3) is 17.2 Å². The quantitative estimate of drug-likeness (QED) is 0.422. The molecule has 0 aliphatic rings. The van der Waals surface area contributed by atoms with Gasteiger partial charge in [-0.1, -0.05) is 5.16 Å². The number of alkyl halides is 3. The van der Waals surface area contributed by atoms with Crippen LogP contribution in [0.1, 0.15) is 26.3 Å². The third-order valence-electron chi connectivity index (χ3n) is 3.80. The first-order valence-electron chi connectivity index (χ1n) is 9.25. The van der Waals surface area contributed by atoms with Crippen molar-refractivity contribution >= 4 is 6.09 Å². The van der Waals surface area contributed by atoms with Gasteiger partial charge >= 0.3 is 18.0 Å². The third kappa shape index (κ3) is 5.67. The third-order valence-corrected chi connectivity index (χ3v) is 3.80. The van der Waals surface area contributed by atoms with E-state index in [1.165, 1.54) is 0 Å². The van der Waals surface area contributed by atoms with E-state index in [9.17, 15) is 27.2 Å². The van der Waals surface area contributed by atoms with E-state index in [1.807, 2.05) is 0 Å². The number of alkyl carbamates (subject to hydrolysis) is 1. The Bertz CT molecular complexity index is 1190. The Morgan fingerprint density at radius 2 is 1.91 bits per heavy atom. The van der Waals surface area contributed by atoms with Gasteiger partial charge in [0.05, 0.1) is 17.8 Å². The van der Waals surface area contributed by atoms with Crippen molar-refractivity contribution in [2.75, 3.05) is 13.2 Å². The first-order valence-corrected chi connectivity index (χ1v) is 9.25. The highest BCUT2D eigenvalue weighted by atomic mass is 19.4. The van der Waals surface area contributed by atoms with Gasteiger partial charge in [-0.3, -0.25) is 4.52 Å². The molecule has 1 amide bonds. The molecule has 1 aromatic carbocycles. The number of carbonyl (C=O) groups is 1. The fourth-order valence-corrected chi connectivity index (χ4v) is 2.52. The molecule has 178 valence electrons. The molecule has 11 nitrogen and oxygen atoms in total. The second-order valence-corrected chi connectivity index (χ2v) is 7.46. The SMILES string of the molecule is CC(C)(C)OC(=O)NCCOc1nonc1-c1noc(=O)n1-c1ccc(F)c(C(F)(F)F)c1. The number of amides is 1. The van der Waals surface area contributed by atoms with Crippen LogP contribution in [0.3, 0.4) is 0 Å². The topological polar surface area (TPSA) is 135 Å². The van der Waals surface area contributed by atoms with Gasteiger partial charge in [0.2, 0.25) is 11.5 Å². The van der Waals surface area contributed by atoms with Crippen molar-refractivity contribution in [2.24, 2.45) is 0 Å². The molecule has 0 atom stereocenters. The zero-order chi connectivity index (χ0) is 24.4. The average molecular weight is 475 g/mol. The summed E-state index contributed by atoms with van der Waals surface area (Å²) in [6.07, 6.45) is -5.70. The van der Waals surface area contributed by atoms with Crippen LogP contribution >= 0.6 is 0 Å². The molecule has 0 saturated carbocycles. The number of rotatable bonds is 6. The zero-order valence-corrected chi connectivity index (χ0v) is 17.4. The molecule has 0 aliphatic carbocycles. The molecule has 0 unspecified atom stereocenters. The van der Waals surface area contributed by atoms with Gasteiger partial charge in [0.15, 0.2) is 0 Å². The highest BCUT2D eigenvalue weighted by Gasteiger charge is 2.35. The summed E-state index contributed by atoms with van der Waals surface area (Å²) >= 11 is 0. The minimum Gasteiger partial charge on any atom is -0.472 e. The summed E-state index contributed by atoms with van der Waals surface area (Å²) in [5, 5.41) is 12.9. The van der Waals surface area contributed by atoms with Gasteiger partial charge in [-0.25, -0.2) is 23.2 Å². The van der Waals surface area contributed by atoms with Crippen molar-refractivity contribution in [3.8, 4) is 23.1 Å². The summed E-state index contributed by atoms with van der Waals surface area (Å²) in [7, 11) is 0. The fraction of sp³-hybridized carbons (Fsp3) is 0.389. The van der Waals surface area contributed by atoms with E-state index in [4.69, 9.17) is 9.47 Å². The van der Waals surface area contributed by atoms with Crippen LogP contribution in [0, 0.1) is 5.82 Å². The number of nitrogens with one attached hydrogen (secondary N) is 1. The maximum atomic E-state index is 13.6. The molecule has 0 aliphatic heterocycles. The number of ether oxygens (including phenoxy) is 2. The van der Waals surface area contributed by atoms with Gasteiger partial charge in [-0.05, 0) is 49.3 Å². The van der Waals surface area contributed by atoms with Gasteiger partial charge in [0.25, 0.3) is 5.88 Å². The van der Waals surface area contributed by atoms with Crippen LogP contribution in [0.2, 0.25) is 0 Å². The van der Waals surface area contributed by atoms with E-state index < -0.39 is 46.5 Å². The van der Waals surface area contributed by atoms with Gasteiger partial charge in [0, 0.05) is 0 Å². The summed E-state index contributed by atoms with van der Waals surface area (Å²) in [5.74, 6) is -3.40. The van der Waals surface area contributed by atoms with Crippen molar-refractivity contribution in [3.63, 3.8) is 0 Å². The highest BCUT2D eigenvalue weighted by molar-refractivity contribution is 5.67. The predicted octanol–water partition coefficient (Wildman–Crippen LogP) is 2.94. The molecule has 1 N–H and O–H groups in total. The number of aromatic nitrogens is 4. The summed E-state index contributed by atoms with van der Waals surface area (Å²) in [6.45, 7) is 4.91. The zero-order valence-electron chi connectivity index (χ0n) is 17.4. The Kier molecular flexibility index (Phi) is 6.41. The molecule has 15 heteroatoms. The lowest BCUT2D eigenvalue weighted by Crippen LogP contribution is -2.34. The maximum Gasteiger partial charge on any atom is 0.446 e. The Labute approximate surface area is 182 Å². The van der Waals surface area contributed by atoms with Crippen LogP contribution in [-0.2, 0) is 10.9 Å². The Morgan fingerprint density at radius 3 is 2.58 bits per heavy atom. The van der Waals surface area contributed by atoms with E-state index in [0.29, 0.717) is 16.7 Å². The number of carbonyl (C=O) groups excluding carboxylic acids is 1. The number of halogens is 4. The van der Waals surface area contributed by atoms with E-state index >= 15 is 0 Å². The molecule has 3 rings (SSSR count). The molecule has 3 aromatic rings. The van der Waals surface area contributed by atoms with Crippen molar-refractivity contribution in [2.45, 2.75) is 32.5 Å². The summed E-state index contributed by atoms with van der Waals surface area (Å²) < 4.78 is 72.9. The summed E-state index contributed by atoms with van der Waals surface area (Å²) in [4.78, 5) is 23.8. The molecular formula is C18H17F4N5O6. The maximum absolute atomic E-state index is 13.6. The molecule has 2 aromatic heterocycles. The number of hydrogen-bond acceptors (Lipinski definition) is 9. The second kappa shape index (κ2) is 8.91. The Hall–Kier alpha value is -3.91. The van der Waals surface area contributed by atoms with Crippen molar-refractivity contribution < 1.29 is 41.0 Å². The van der Waals surface area contributed by atoms with Crippen LogP contribution in [-0.4, -0.2) is 44.9 Å². The molecule has 0 spiro atoms. The standard InChI is InChI=1S/C18H17F4N5O6/c1-17(2,3)31-15(28)23-6-7-30-14-12(24-33-26-14)13-25-32-16(29)27(13)9-4-5-11(19)10(8-9)18(20,21)22/h4-5,8H,6-7H2,1-3H3,(H,23,28). The van der Waals surface area contributed by atoms with Crippen LogP contribution in [0.4, 0.5) is 22.4 Å². The van der Waals surface area contributed by atoms with Gasteiger partial charge in [0.1, 0.15) is 18.0 Å². The molecule has 33 heavy (non-hydrogen) atoms. The number of nitrogens with zero attached hydrogens (tertiary/aromatic N) is 4. The first-order chi connectivity index (χ1) is 15.4. The second-order valence-electron chi connectivity index (χ2n) is 7.46. The number of benzene rings is 1. The van der Waals surface area contributed by atoms with Gasteiger partial charge < -0.3 is 14.8 Å². The van der Waals surface area contributed by atoms with E-state index in [1.54, 1.807) is 20.8 Å². The Morgan fingerprint density at radius 1 is 1.18 bits per heavy atom. The molecule has 2 heterocycles. The van der Waals surface area contributed by atoms with Crippen LogP contribution in [0.15, 0.2) is 32.1 Å². The lowest BCUT2D eigenvalue weighted by atomic mass is 10.1. The molecule has 0 bridgehead atoms.